The third-order valence-corrected chi connectivity index (χ3v) is 4.60. The number of nitrogens with one attached hydrogen (secondary N) is 1. The highest BCUT2D eigenvalue weighted by atomic mass is 79.9. The predicted molar refractivity (Wildman–Crippen MR) is 91.1 cm³/mol. The minimum atomic E-state index is -0.147. The SMILES string of the molecule is CCc1ccc2nc(NC(=O)c3cccc(Br)c3)sc2c1. The monoisotopic (exact) mass is 360 g/mol. The number of fused-ring (bicyclic) bond motifs is 1. The number of nitrogens with zero attached hydrogens (tertiary/aromatic N) is 1. The molecule has 0 aliphatic heterocycles. The van der Waals surface area contributed by atoms with Crippen LogP contribution in [0.5, 0.6) is 0 Å². The normalized spacial score (nSPS) is 10.8. The summed E-state index contributed by atoms with van der Waals surface area (Å²) in [7, 11) is 0. The Kier molecular flexibility index (Phi) is 4.03. The van der Waals surface area contributed by atoms with Gasteiger partial charge in [-0.2, -0.15) is 0 Å². The first-order chi connectivity index (χ1) is 10.2. The van der Waals surface area contributed by atoms with Crippen LogP contribution in [0.25, 0.3) is 10.2 Å². The summed E-state index contributed by atoms with van der Waals surface area (Å²) in [4.78, 5) is 16.7. The van der Waals surface area contributed by atoms with Gasteiger partial charge in [-0.05, 0) is 42.3 Å². The molecule has 0 fully saturated rings. The molecule has 0 aliphatic carbocycles. The van der Waals surface area contributed by atoms with Crippen LogP contribution in [0.3, 0.4) is 0 Å². The van der Waals surface area contributed by atoms with Crippen LogP contribution in [0.2, 0.25) is 0 Å². The van der Waals surface area contributed by atoms with Crippen LogP contribution in [0.15, 0.2) is 46.9 Å². The van der Waals surface area contributed by atoms with E-state index in [0.29, 0.717) is 10.7 Å². The molecule has 0 bridgehead atoms. The van der Waals surface area contributed by atoms with E-state index in [-0.39, 0.29) is 5.91 Å². The van der Waals surface area contributed by atoms with Gasteiger partial charge in [0.15, 0.2) is 5.13 Å². The summed E-state index contributed by atoms with van der Waals surface area (Å²) in [5.74, 6) is -0.147. The Hall–Kier alpha value is -1.72. The lowest BCUT2D eigenvalue weighted by Crippen LogP contribution is -2.11. The Morgan fingerprint density at radius 2 is 2.14 bits per heavy atom. The van der Waals surface area contributed by atoms with Crippen molar-refractivity contribution >= 4 is 48.5 Å². The molecule has 1 aromatic heterocycles. The number of aromatic nitrogens is 1. The van der Waals surface area contributed by atoms with Gasteiger partial charge < -0.3 is 0 Å². The molecule has 1 amide bonds. The quantitative estimate of drug-likeness (QED) is 0.723. The molecule has 0 saturated carbocycles. The maximum Gasteiger partial charge on any atom is 0.257 e. The summed E-state index contributed by atoms with van der Waals surface area (Å²) in [6, 6.07) is 13.5. The van der Waals surface area contributed by atoms with E-state index in [1.807, 2.05) is 18.2 Å². The van der Waals surface area contributed by atoms with Gasteiger partial charge in [-0.25, -0.2) is 4.98 Å². The molecule has 106 valence electrons. The van der Waals surface area contributed by atoms with Crippen molar-refractivity contribution in [3.8, 4) is 0 Å². The lowest BCUT2D eigenvalue weighted by Gasteiger charge is -2.01. The van der Waals surface area contributed by atoms with Crippen molar-refractivity contribution in [1.82, 2.24) is 4.98 Å². The average Bonchev–Trinajstić information content (AvgIpc) is 2.88. The van der Waals surface area contributed by atoms with Crippen molar-refractivity contribution in [3.05, 3.63) is 58.1 Å². The zero-order valence-electron chi connectivity index (χ0n) is 11.4. The molecule has 1 heterocycles. The molecule has 21 heavy (non-hydrogen) atoms. The lowest BCUT2D eigenvalue weighted by atomic mass is 10.2. The van der Waals surface area contributed by atoms with E-state index in [4.69, 9.17) is 0 Å². The number of anilines is 1. The molecule has 3 aromatic rings. The number of carbonyl (C=O) groups is 1. The number of aryl methyl sites for hydroxylation is 1. The molecule has 0 unspecified atom stereocenters. The summed E-state index contributed by atoms with van der Waals surface area (Å²) < 4.78 is 1.98. The van der Waals surface area contributed by atoms with Crippen molar-refractivity contribution in [2.24, 2.45) is 0 Å². The van der Waals surface area contributed by atoms with Crippen LogP contribution in [-0.2, 0) is 6.42 Å². The molecule has 0 spiro atoms. The van der Waals surface area contributed by atoms with E-state index >= 15 is 0 Å². The van der Waals surface area contributed by atoms with Gasteiger partial charge in [-0.1, -0.05) is 46.3 Å². The van der Waals surface area contributed by atoms with Gasteiger partial charge in [0.1, 0.15) is 0 Å². The highest BCUT2D eigenvalue weighted by molar-refractivity contribution is 9.10. The van der Waals surface area contributed by atoms with Crippen molar-refractivity contribution < 1.29 is 4.79 Å². The van der Waals surface area contributed by atoms with Crippen molar-refractivity contribution in [1.29, 1.82) is 0 Å². The number of thiazole rings is 1. The van der Waals surface area contributed by atoms with E-state index in [9.17, 15) is 4.79 Å². The lowest BCUT2D eigenvalue weighted by molar-refractivity contribution is 0.102. The molecule has 3 rings (SSSR count). The molecule has 0 atom stereocenters. The molecule has 5 heteroatoms. The van der Waals surface area contributed by atoms with Gasteiger partial charge >= 0.3 is 0 Å². The van der Waals surface area contributed by atoms with Crippen LogP contribution >= 0.6 is 27.3 Å². The molecule has 3 nitrogen and oxygen atoms in total. The maximum absolute atomic E-state index is 12.2. The topological polar surface area (TPSA) is 42.0 Å². The van der Waals surface area contributed by atoms with Gasteiger partial charge in [0.05, 0.1) is 10.2 Å². The first-order valence-electron chi connectivity index (χ1n) is 6.62. The van der Waals surface area contributed by atoms with E-state index in [0.717, 1.165) is 21.1 Å². The van der Waals surface area contributed by atoms with Crippen molar-refractivity contribution in [2.45, 2.75) is 13.3 Å². The highest BCUT2D eigenvalue weighted by Crippen LogP contribution is 2.27. The minimum absolute atomic E-state index is 0.147. The Labute approximate surface area is 135 Å². The van der Waals surface area contributed by atoms with Gasteiger partial charge in [0.2, 0.25) is 0 Å². The van der Waals surface area contributed by atoms with Gasteiger partial charge in [-0.15, -0.1) is 0 Å². The Morgan fingerprint density at radius 3 is 2.90 bits per heavy atom. The molecule has 0 saturated heterocycles. The number of rotatable bonds is 3. The second-order valence-corrected chi connectivity index (χ2v) is 6.59. The second kappa shape index (κ2) is 5.95. The van der Waals surface area contributed by atoms with E-state index in [1.165, 1.54) is 16.9 Å². The maximum atomic E-state index is 12.2. The minimum Gasteiger partial charge on any atom is -0.298 e. The van der Waals surface area contributed by atoms with Crippen molar-refractivity contribution in [3.63, 3.8) is 0 Å². The molecule has 0 radical (unpaired) electrons. The van der Waals surface area contributed by atoms with Gasteiger partial charge in [0, 0.05) is 10.0 Å². The van der Waals surface area contributed by atoms with Crippen LogP contribution in [0, 0.1) is 0 Å². The summed E-state index contributed by atoms with van der Waals surface area (Å²) in [6.45, 7) is 2.12. The highest BCUT2D eigenvalue weighted by Gasteiger charge is 2.10. The van der Waals surface area contributed by atoms with E-state index in [1.54, 1.807) is 12.1 Å². The predicted octanol–water partition coefficient (Wildman–Crippen LogP) is 4.87. The number of amides is 1. The third-order valence-electron chi connectivity index (χ3n) is 3.17. The van der Waals surface area contributed by atoms with Gasteiger partial charge in [-0.3, -0.25) is 10.1 Å². The fourth-order valence-electron chi connectivity index (χ4n) is 2.04. The van der Waals surface area contributed by atoms with Crippen molar-refractivity contribution in [2.75, 3.05) is 5.32 Å². The number of carbonyl (C=O) groups excluding carboxylic acids is 1. The Balaban J connectivity index is 1.86. The molecule has 1 N–H and O–H groups in total. The summed E-state index contributed by atoms with van der Waals surface area (Å²) in [6.07, 6.45) is 0.994. The first-order valence-corrected chi connectivity index (χ1v) is 8.23. The molecular formula is C16H13BrN2OS. The number of halogens is 1. The summed E-state index contributed by atoms with van der Waals surface area (Å²) >= 11 is 4.87. The first kappa shape index (κ1) is 14.2. The fraction of sp³-hybridized carbons (Fsp3) is 0.125. The summed E-state index contributed by atoms with van der Waals surface area (Å²) in [5, 5.41) is 3.49. The van der Waals surface area contributed by atoms with Gasteiger partial charge in [0.25, 0.3) is 5.91 Å². The molecular weight excluding hydrogens is 348 g/mol. The number of hydrogen-bond acceptors (Lipinski definition) is 3. The average molecular weight is 361 g/mol. The van der Waals surface area contributed by atoms with Crippen LogP contribution in [0.4, 0.5) is 5.13 Å². The standard InChI is InChI=1S/C16H13BrN2OS/c1-2-10-6-7-13-14(8-10)21-16(18-13)19-15(20)11-4-3-5-12(17)9-11/h3-9H,2H2,1H3,(H,18,19,20). The smallest absolute Gasteiger partial charge is 0.257 e. The Morgan fingerprint density at radius 1 is 1.29 bits per heavy atom. The molecule has 2 aromatic carbocycles. The Bertz CT molecular complexity index is 813. The zero-order valence-corrected chi connectivity index (χ0v) is 13.8. The second-order valence-electron chi connectivity index (χ2n) is 4.64. The fourth-order valence-corrected chi connectivity index (χ4v) is 3.37. The van der Waals surface area contributed by atoms with Crippen LogP contribution in [-0.4, -0.2) is 10.9 Å². The van der Waals surface area contributed by atoms with Crippen LogP contribution < -0.4 is 5.32 Å². The van der Waals surface area contributed by atoms with E-state index < -0.39 is 0 Å². The van der Waals surface area contributed by atoms with E-state index in [2.05, 4.69) is 45.3 Å². The van der Waals surface area contributed by atoms with Crippen LogP contribution in [0.1, 0.15) is 22.8 Å². The largest absolute Gasteiger partial charge is 0.298 e. The number of hydrogen-bond donors (Lipinski definition) is 1. The zero-order chi connectivity index (χ0) is 14.8. The summed E-state index contributed by atoms with van der Waals surface area (Å²) in [5.41, 5.74) is 2.80. The number of benzene rings is 2. The third kappa shape index (κ3) is 3.14. The molecule has 0 aliphatic rings.